The van der Waals surface area contributed by atoms with Gasteiger partial charge in [0.25, 0.3) is 5.91 Å². The van der Waals surface area contributed by atoms with Crippen molar-refractivity contribution >= 4 is 22.6 Å². The van der Waals surface area contributed by atoms with Crippen molar-refractivity contribution in [2.45, 2.75) is 12.5 Å². The molecule has 3 N–H and O–H groups in total. The minimum atomic E-state index is -1.42. The summed E-state index contributed by atoms with van der Waals surface area (Å²) in [6, 6.07) is 13.6. The molecule has 0 radical (unpaired) electrons. The lowest BCUT2D eigenvalue weighted by Crippen LogP contribution is -2.35. The zero-order valence-corrected chi connectivity index (χ0v) is 15.6. The number of aliphatic hydroxyl groups is 1. The highest BCUT2D eigenvalue weighted by molar-refractivity contribution is 6.07. The molecule has 0 unspecified atom stereocenters. The van der Waals surface area contributed by atoms with Crippen molar-refractivity contribution in [1.82, 2.24) is 9.88 Å². The highest BCUT2D eigenvalue weighted by Gasteiger charge is 2.24. The van der Waals surface area contributed by atoms with E-state index in [2.05, 4.69) is 4.98 Å². The number of carboxylic acid groups (broad SMARTS) is 1. The van der Waals surface area contributed by atoms with Crippen LogP contribution in [0.2, 0.25) is 0 Å². The molecule has 1 aromatic heterocycles. The molecule has 9 heteroatoms. The number of para-hydroxylation sites is 1. The van der Waals surface area contributed by atoms with E-state index < -0.39 is 30.9 Å². The predicted octanol–water partition coefficient (Wildman–Crippen LogP) is 2.49. The van der Waals surface area contributed by atoms with E-state index in [1.807, 2.05) is 6.07 Å². The van der Waals surface area contributed by atoms with Gasteiger partial charge in [-0.15, -0.1) is 0 Å². The SMILES string of the molecule is N#CN(C[C@@H](O)CC(=O)O)C(=O)c1ncc(O)c2ccc(Oc3ccccc3)cc12. The third-order valence-electron chi connectivity index (χ3n) is 4.19. The standard InChI is InChI=1S/C21H17N3O6/c22-12-24(11-13(25)8-19(27)28)21(29)20-17-9-15(30-14-4-2-1-3-5-14)6-7-16(17)18(26)10-23-20/h1-7,9-10,13,25-26H,8,11H2,(H,27,28)/t13-/m0/s1. The number of aliphatic carboxylic acids is 1. The summed E-state index contributed by atoms with van der Waals surface area (Å²) >= 11 is 0. The summed E-state index contributed by atoms with van der Waals surface area (Å²) in [5.41, 5.74) is -0.148. The predicted molar refractivity (Wildman–Crippen MR) is 105 cm³/mol. The lowest BCUT2D eigenvalue weighted by atomic mass is 10.1. The third kappa shape index (κ3) is 4.63. The minimum Gasteiger partial charge on any atom is -0.506 e. The second kappa shape index (κ2) is 8.89. The number of fused-ring (bicyclic) bond motifs is 1. The molecule has 1 amide bonds. The number of nitriles is 1. The Kier molecular flexibility index (Phi) is 6.10. The molecule has 2 aromatic carbocycles. The summed E-state index contributed by atoms with van der Waals surface area (Å²) < 4.78 is 5.75. The molecule has 1 atom stereocenters. The number of ether oxygens (including phenoxy) is 1. The summed E-state index contributed by atoms with van der Waals surface area (Å²) in [5.74, 6) is -1.33. The highest BCUT2D eigenvalue weighted by Crippen LogP contribution is 2.32. The molecule has 0 fully saturated rings. The number of pyridine rings is 1. The van der Waals surface area contributed by atoms with Crippen LogP contribution in [0.4, 0.5) is 0 Å². The van der Waals surface area contributed by atoms with E-state index in [1.54, 1.807) is 42.6 Å². The molecule has 0 aliphatic heterocycles. The summed E-state index contributed by atoms with van der Waals surface area (Å²) in [5, 5.41) is 38.5. The van der Waals surface area contributed by atoms with Crippen molar-refractivity contribution in [2.75, 3.05) is 6.54 Å². The van der Waals surface area contributed by atoms with Crippen molar-refractivity contribution in [3.05, 3.63) is 60.4 Å². The van der Waals surface area contributed by atoms with Crippen LogP contribution in [-0.4, -0.2) is 49.7 Å². The van der Waals surface area contributed by atoms with E-state index in [0.29, 0.717) is 21.8 Å². The maximum Gasteiger partial charge on any atom is 0.306 e. The fourth-order valence-corrected chi connectivity index (χ4v) is 2.84. The fourth-order valence-electron chi connectivity index (χ4n) is 2.84. The van der Waals surface area contributed by atoms with Crippen LogP contribution < -0.4 is 4.74 Å². The summed E-state index contributed by atoms with van der Waals surface area (Å²) in [4.78, 5) is 28.1. The number of rotatable bonds is 7. The highest BCUT2D eigenvalue weighted by atomic mass is 16.5. The Morgan fingerprint density at radius 1 is 1.13 bits per heavy atom. The first-order valence-electron chi connectivity index (χ1n) is 8.85. The largest absolute Gasteiger partial charge is 0.506 e. The van der Waals surface area contributed by atoms with Gasteiger partial charge in [0.15, 0.2) is 6.19 Å². The Balaban J connectivity index is 1.96. The molecule has 9 nitrogen and oxygen atoms in total. The van der Waals surface area contributed by atoms with Crippen molar-refractivity contribution in [2.24, 2.45) is 0 Å². The summed E-state index contributed by atoms with van der Waals surface area (Å²) in [6.07, 6.45) is 0.670. The van der Waals surface area contributed by atoms with Crippen LogP contribution in [0.3, 0.4) is 0 Å². The average Bonchev–Trinajstić information content (AvgIpc) is 2.72. The molecule has 0 saturated carbocycles. The monoisotopic (exact) mass is 407 g/mol. The second-order valence-corrected chi connectivity index (χ2v) is 6.38. The minimum absolute atomic E-state index is 0.148. The van der Waals surface area contributed by atoms with Gasteiger partial charge >= 0.3 is 5.97 Å². The summed E-state index contributed by atoms with van der Waals surface area (Å²) in [6.45, 7) is -0.508. The van der Waals surface area contributed by atoms with E-state index in [-0.39, 0.29) is 16.8 Å². The van der Waals surface area contributed by atoms with Crippen LogP contribution in [0, 0.1) is 11.5 Å². The lowest BCUT2D eigenvalue weighted by molar-refractivity contribution is -0.139. The molecule has 30 heavy (non-hydrogen) atoms. The van der Waals surface area contributed by atoms with Gasteiger partial charge in [-0.25, -0.2) is 9.88 Å². The van der Waals surface area contributed by atoms with Crippen molar-refractivity contribution in [3.8, 4) is 23.4 Å². The molecule has 1 heterocycles. The van der Waals surface area contributed by atoms with Gasteiger partial charge < -0.3 is 20.1 Å². The number of nitrogens with zero attached hydrogens (tertiary/aromatic N) is 3. The van der Waals surface area contributed by atoms with E-state index in [0.717, 1.165) is 6.20 Å². The Morgan fingerprint density at radius 3 is 2.53 bits per heavy atom. The molecule has 3 rings (SSSR count). The van der Waals surface area contributed by atoms with Gasteiger partial charge in [-0.05, 0) is 30.3 Å². The maximum atomic E-state index is 12.9. The molecule has 0 saturated heterocycles. The number of aliphatic hydroxyl groups excluding tert-OH is 1. The van der Waals surface area contributed by atoms with Crippen LogP contribution in [0.5, 0.6) is 17.2 Å². The number of benzene rings is 2. The number of carbonyl (C=O) groups excluding carboxylic acids is 1. The van der Waals surface area contributed by atoms with E-state index in [4.69, 9.17) is 9.84 Å². The number of aromatic nitrogens is 1. The lowest BCUT2D eigenvalue weighted by Gasteiger charge is -2.17. The smallest absolute Gasteiger partial charge is 0.306 e. The molecule has 0 bridgehead atoms. The van der Waals surface area contributed by atoms with Crippen molar-refractivity contribution in [3.63, 3.8) is 0 Å². The van der Waals surface area contributed by atoms with Gasteiger partial charge in [-0.1, -0.05) is 18.2 Å². The Labute approximate surface area is 171 Å². The number of amides is 1. The number of hydrogen-bond acceptors (Lipinski definition) is 7. The number of carbonyl (C=O) groups is 2. The zero-order valence-electron chi connectivity index (χ0n) is 15.6. The van der Waals surface area contributed by atoms with Crippen LogP contribution in [-0.2, 0) is 4.79 Å². The third-order valence-corrected chi connectivity index (χ3v) is 4.19. The molecule has 0 aliphatic carbocycles. The average molecular weight is 407 g/mol. The first-order valence-corrected chi connectivity index (χ1v) is 8.85. The van der Waals surface area contributed by atoms with Crippen molar-refractivity contribution < 1.29 is 29.6 Å². The number of carboxylic acids is 1. The second-order valence-electron chi connectivity index (χ2n) is 6.38. The van der Waals surface area contributed by atoms with Gasteiger partial charge in [0.2, 0.25) is 0 Å². The Morgan fingerprint density at radius 2 is 1.87 bits per heavy atom. The maximum absolute atomic E-state index is 12.9. The topological polar surface area (TPSA) is 144 Å². The van der Waals surface area contributed by atoms with Gasteiger partial charge in [0.05, 0.1) is 25.3 Å². The van der Waals surface area contributed by atoms with Gasteiger partial charge in [-0.3, -0.25) is 9.59 Å². The number of hydrogen-bond donors (Lipinski definition) is 3. The Bertz CT molecular complexity index is 1130. The van der Waals surface area contributed by atoms with E-state index in [9.17, 15) is 25.1 Å². The molecule has 0 spiro atoms. The molecular formula is C21H17N3O6. The zero-order chi connectivity index (χ0) is 21.7. The van der Waals surface area contributed by atoms with E-state index in [1.165, 1.54) is 6.07 Å². The fraction of sp³-hybridized carbons (Fsp3) is 0.143. The van der Waals surface area contributed by atoms with Crippen LogP contribution in [0.25, 0.3) is 10.8 Å². The first kappa shape index (κ1) is 20.6. The Hall–Kier alpha value is -4.16. The first-order chi connectivity index (χ1) is 14.4. The van der Waals surface area contributed by atoms with Crippen molar-refractivity contribution in [1.29, 1.82) is 5.26 Å². The van der Waals surface area contributed by atoms with Gasteiger partial charge in [0.1, 0.15) is 22.9 Å². The van der Waals surface area contributed by atoms with E-state index >= 15 is 0 Å². The number of aromatic hydroxyl groups is 1. The van der Waals surface area contributed by atoms with Gasteiger partial charge in [-0.2, -0.15) is 5.26 Å². The molecule has 3 aromatic rings. The van der Waals surface area contributed by atoms with Crippen LogP contribution in [0.1, 0.15) is 16.9 Å². The molecule has 152 valence electrons. The van der Waals surface area contributed by atoms with Gasteiger partial charge in [0, 0.05) is 10.8 Å². The quantitative estimate of drug-likeness (QED) is 0.400. The van der Waals surface area contributed by atoms with Crippen LogP contribution in [0.15, 0.2) is 54.7 Å². The van der Waals surface area contributed by atoms with Crippen LogP contribution >= 0.6 is 0 Å². The normalized spacial score (nSPS) is 11.5. The molecule has 0 aliphatic rings. The summed E-state index contributed by atoms with van der Waals surface area (Å²) in [7, 11) is 0. The molecular weight excluding hydrogens is 390 g/mol.